The molecule has 52 valence electrons. The van der Waals surface area contributed by atoms with Gasteiger partial charge in [0.15, 0.2) is 0 Å². The molecule has 0 bridgehead atoms. The smallest absolute Gasteiger partial charge is 0.119 e. The molecule has 1 fully saturated rings. The van der Waals surface area contributed by atoms with Crippen LogP contribution in [0.25, 0.3) is 0 Å². The first-order valence-electron chi connectivity index (χ1n) is 2.84. The summed E-state index contributed by atoms with van der Waals surface area (Å²) in [7, 11) is 0. The molecular weight excluding hydrogens is 116 g/mol. The number of terminal acetylenes is 1. The van der Waals surface area contributed by atoms with Gasteiger partial charge in [-0.15, -0.1) is 6.42 Å². The minimum Gasteiger partial charge on any atom is -0.378 e. The number of hydrogen-bond donors (Lipinski definition) is 1. The molecule has 1 heterocycles. The third-order valence-electron chi connectivity index (χ3n) is 0.557. The van der Waals surface area contributed by atoms with Crippen LogP contribution in [0.2, 0.25) is 0 Å². The molecule has 1 aliphatic heterocycles. The van der Waals surface area contributed by atoms with Crippen molar-refractivity contribution in [3.8, 4) is 12.3 Å². The van der Waals surface area contributed by atoms with Gasteiger partial charge in [-0.2, -0.15) is 0 Å². The lowest BCUT2D eigenvalue weighted by Gasteiger charge is -2.04. The number of hydrogen-bond acceptors (Lipinski definition) is 2. The van der Waals surface area contributed by atoms with Crippen molar-refractivity contribution in [2.45, 2.75) is 19.4 Å². The van der Waals surface area contributed by atoms with Crippen LogP contribution < -0.4 is 0 Å². The average Bonchev–Trinajstić information content (AvgIpc) is 2.45. The maximum Gasteiger partial charge on any atom is 0.119 e. The van der Waals surface area contributed by atoms with Crippen molar-refractivity contribution in [3.63, 3.8) is 0 Å². The van der Waals surface area contributed by atoms with Crippen molar-refractivity contribution in [3.05, 3.63) is 0 Å². The van der Waals surface area contributed by atoms with Crippen molar-refractivity contribution in [2.24, 2.45) is 0 Å². The molecule has 9 heavy (non-hydrogen) atoms. The molecule has 0 saturated carbocycles. The Bertz CT molecular complexity index is 100. The highest BCUT2D eigenvalue weighted by atomic mass is 16.6. The zero-order valence-corrected chi connectivity index (χ0v) is 5.85. The maximum absolute atomic E-state index is 8.59. The monoisotopic (exact) mass is 128 g/mol. The van der Waals surface area contributed by atoms with Crippen molar-refractivity contribution >= 4 is 0 Å². The van der Waals surface area contributed by atoms with Crippen LogP contribution in [0.4, 0.5) is 0 Å². The Labute approximate surface area is 55.8 Å². The van der Waals surface area contributed by atoms with Crippen LogP contribution >= 0.6 is 0 Å². The van der Waals surface area contributed by atoms with E-state index in [0.717, 1.165) is 13.2 Å². The molecule has 0 spiro atoms. The largest absolute Gasteiger partial charge is 0.378 e. The molecule has 0 aromatic heterocycles. The molecule has 1 saturated heterocycles. The standard InChI is InChI=1S/C5H8O.C2H4O/c1-4-5(2,3)6;1-2-3-1/h1,6H,2-3H3;1-2H2. The second kappa shape index (κ2) is 3.49. The third kappa shape index (κ3) is 18.5. The number of epoxide rings is 1. The van der Waals surface area contributed by atoms with E-state index < -0.39 is 5.60 Å². The van der Waals surface area contributed by atoms with E-state index in [2.05, 4.69) is 10.7 Å². The van der Waals surface area contributed by atoms with E-state index in [1.54, 1.807) is 13.8 Å². The fraction of sp³-hybridized carbons (Fsp3) is 0.714. The molecule has 0 aromatic rings. The van der Waals surface area contributed by atoms with Gasteiger partial charge < -0.3 is 9.84 Å². The molecule has 0 amide bonds. The van der Waals surface area contributed by atoms with Gasteiger partial charge in [-0.1, -0.05) is 5.92 Å². The minimum atomic E-state index is -0.931. The first-order valence-corrected chi connectivity index (χ1v) is 2.84. The summed E-state index contributed by atoms with van der Waals surface area (Å²) >= 11 is 0. The quantitative estimate of drug-likeness (QED) is 0.378. The van der Waals surface area contributed by atoms with Crippen molar-refractivity contribution < 1.29 is 9.84 Å². The highest BCUT2D eigenvalue weighted by molar-refractivity contribution is 5.00. The second-order valence-electron chi connectivity index (χ2n) is 2.32. The summed E-state index contributed by atoms with van der Waals surface area (Å²) in [4.78, 5) is 0. The summed E-state index contributed by atoms with van der Waals surface area (Å²) in [5.41, 5.74) is -0.931. The van der Waals surface area contributed by atoms with Gasteiger partial charge in [0.25, 0.3) is 0 Å². The van der Waals surface area contributed by atoms with E-state index in [9.17, 15) is 0 Å². The lowest BCUT2D eigenvalue weighted by Crippen LogP contribution is -2.13. The molecule has 0 aromatic carbocycles. The van der Waals surface area contributed by atoms with Crippen molar-refractivity contribution in [2.75, 3.05) is 13.2 Å². The second-order valence-corrected chi connectivity index (χ2v) is 2.32. The van der Waals surface area contributed by atoms with Gasteiger partial charge in [0, 0.05) is 0 Å². The predicted molar refractivity (Wildman–Crippen MR) is 35.9 cm³/mol. The predicted octanol–water partition coefficient (Wildman–Crippen LogP) is 0.407. The van der Waals surface area contributed by atoms with E-state index in [0.29, 0.717) is 0 Å². The fourth-order valence-electron chi connectivity index (χ4n) is 0. The molecule has 0 atom stereocenters. The summed E-state index contributed by atoms with van der Waals surface area (Å²) in [5, 5.41) is 8.59. The highest BCUT2D eigenvalue weighted by Gasteiger charge is 2.03. The van der Waals surface area contributed by atoms with Crippen molar-refractivity contribution in [1.29, 1.82) is 0 Å². The van der Waals surface area contributed by atoms with E-state index in [1.807, 2.05) is 0 Å². The van der Waals surface area contributed by atoms with E-state index in [4.69, 9.17) is 11.5 Å². The lowest BCUT2D eigenvalue weighted by atomic mass is 10.2. The summed E-state index contributed by atoms with van der Waals surface area (Å²) in [6, 6.07) is 0. The third-order valence-corrected chi connectivity index (χ3v) is 0.557. The summed E-state index contributed by atoms with van der Waals surface area (Å²) in [6.45, 7) is 5.12. The zero-order valence-electron chi connectivity index (χ0n) is 5.85. The number of rotatable bonds is 0. The SMILES string of the molecule is C#CC(C)(C)O.C1CO1. The van der Waals surface area contributed by atoms with Gasteiger partial charge in [-0.05, 0) is 13.8 Å². The van der Waals surface area contributed by atoms with Crippen LogP contribution in [-0.4, -0.2) is 23.9 Å². The van der Waals surface area contributed by atoms with E-state index in [-0.39, 0.29) is 0 Å². The molecule has 1 N–H and O–H groups in total. The highest BCUT2D eigenvalue weighted by Crippen LogP contribution is 1.93. The summed E-state index contributed by atoms with van der Waals surface area (Å²) < 4.78 is 4.50. The molecule has 1 aliphatic rings. The first kappa shape index (κ1) is 8.48. The molecular formula is C7H12O2. The Hall–Kier alpha value is -0.520. The lowest BCUT2D eigenvalue weighted by molar-refractivity contribution is 0.144. The van der Waals surface area contributed by atoms with Crippen LogP contribution in [0.1, 0.15) is 13.8 Å². The molecule has 0 radical (unpaired) electrons. The topological polar surface area (TPSA) is 32.8 Å². The molecule has 0 aliphatic carbocycles. The number of ether oxygens (including phenoxy) is 1. The van der Waals surface area contributed by atoms with Crippen LogP contribution in [0, 0.1) is 12.3 Å². The first-order chi connectivity index (χ1) is 4.06. The Balaban J connectivity index is 0.000000173. The Morgan fingerprint density at radius 3 is 1.78 bits per heavy atom. The van der Waals surface area contributed by atoms with Gasteiger partial charge in [0.05, 0.1) is 13.2 Å². The maximum atomic E-state index is 8.59. The summed E-state index contributed by atoms with van der Waals surface area (Å²) in [5.74, 6) is 2.16. The van der Waals surface area contributed by atoms with Crippen LogP contribution in [0.5, 0.6) is 0 Å². The average molecular weight is 128 g/mol. The molecule has 0 unspecified atom stereocenters. The van der Waals surface area contributed by atoms with E-state index >= 15 is 0 Å². The Kier molecular flexibility index (Phi) is 3.29. The fourth-order valence-corrected chi connectivity index (χ4v) is 0. The zero-order chi connectivity index (χ0) is 7.33. The van der Waals surface area contributed by atoms with Crippen LogP contribution in [0.3, 0.4) is 0 Å². The minimum absolute atomic E-state index is 0.931. The molecule has 2 heteroatoms. The normalized spacial score (nSPS) is 14.9. The van der Waals surface area contributed by atoms with Gasteiger partial charge in [0.1, 0.15) is 5.60 Å². The van der Waals surface area contributed by atoms with Gasteiger partial charge in [0.2, 0.25) is 0 Å². The van der Waals surface area contributed by atoms with Gasteiger partial charge in [-0.3, -0.25) is 0 Å². The summed E-state index contributed by atoms with van der Waals surface area (Å²) in [6.07, 6.45) is 4.81. The van der Waals surface area contributed by atoms with Crippen LogP contribution in [-0.2, 0) is 4.74 Å². The van der Waals surface area contributed by atoms with Gasteiger partial charge in [-0.25, -0.2) is 0 Å². The molecule has 1 rings (SSSR count). The van der Waals surface area contributed by atoms with Crippen molar-refractivity contribution in [1.82, 2.24) is 0 Å². The van der Waals surface area contributed by atoms with Gasteiger partial charge >= 0.3 is 0 Å². The molecule has 2 nitrogen and oxygen atoms in total. The Morgan fingerprint density at radius 1 is 1.56 bits per heavy atom. The Morgan fingerprint density at radius 2 is 1.78 bits per heavy atom. The van der Waals surface area contributed by atoms with E-state index in [1.165, 1.54) is 0 Å². The van der Waals surface area contributed by atoms with Crippen LogP contribution in [0.15, 0.2) is 0 Å². The number of aliphatic hydroxyl groups is 1.